The number of likely N-dealkylation sites (tertiary alicyclic amines) is 1. The van der Waals surface area contributed by atoms with Gasteiger partial charge in [-0.3, -0.25) is 24.6 Å². The second-order valence-electron chi connectivity index (χ2n) is 12.8. The van der Waals surface area contributed by atoms with E-state index in [1.165, 1.54) is 43.3 Å². The third-order valence-corrected chi connectivity index (χ3v) is 12.5. The largest absolute Gasteiger partial charge is 0.484 e. The lowest BCUT2D eigenvalue weighted by Crippen LogP contribution is -2.70. The number of benzene rings is 5. The number of nitro benzene ring substituents is 1. The van der Waals surface area contributed by atoms with Crippen molar-refractivity contribution in [2.24, 2.45) is 0 Å². The summed E-state index contributed by atoms with van der Waals surface area (Å²) in [5, 5.41) is 12.4. The summed E-state index contributed by atoms with van der Waals surface area (Å²) in [6, 6.07) is 36.9. The highest BCUT2D eigenvalue weighted by Gasteiger charge is 2.55. The first-order chi connectivity index (χ1) is 27.4. The maximum absolute atomic E-state index is 14.2. The molecular weight excluding hydrogens is 771 g/mol. The van der Waals surface area contributed by atoms with Crippen LogP contribution in [0.4, 0.5) is 5.69 Å². The van der Waals surface area contributed by atoms with Gasteiger partial charge in [0, 0.05) is 22.9 Å². The molecule has 0 aromatic heterocycles. The van der Waals surface area contributed by atoms with Gasteiger partial charge in [0.15, 0.2) is 12.3 Å². The number of non-ortho nitro benzene ring substituents is 1. The highest BCUT2D eigenvalue weighted by Crippen LogP contribution is 2.41. The van der Waals surface area contributed by atoms with E-state index in [0.717, 1.165) is 10.5 Å². The average Bonchev–Trinajstić information content (AvgIpc) is 3.23. The minimum atomic E-state index is -4.21. The number of carbonyl (C=O) groups is 3. The lowest BCUT2D eigenvalue weighted by atomic mass is 10.0. The second-order valence-corrected chi connectivity index (χ2v) is 16.8. The van der Waals surface area contributed by atoms with Gasteiger partial charge in [0.05, 0.1) is 9.82 Å². The van der Waals surface area contributed by atoms with Crippen molar-refractivity contribution < 1.29 is 41.9 Å². The molecule has 5 aromatic rings. The number of amides is 2. The van der Waals surface area contributed by atoms with Crippen LogP contribution in [0.5, 0.6) is 5.75 Å². The van der Waals surface area contributed by atoms with Crippen LogP contribution >= 0.6 is 10.8 Å². The van der Waals surface area contributed by atoms with Gasteiger partial charge in [-0.25, -0.2) is 13.2 Å². The third kappa shape index (κ3) is 9.87. The number of β-lactam (4-membered cyclic amide) rings is 1. The van der Waals surface area contributed by atoms with E-state index in [-0.39, 0.29) is 22.9 Å². The molecule has 1 N–H and O–H groups in total. The molecule has 15 heteroatoms. The SMILES string of the molecule is C/C(OC(c1ccccc1)c1ccccc1)=C(\C(=O)OCc1ccc([N+](=O)[O-])cc1)N1C(=O)C(NC(=O)COc2ccccc2)C1SS(=O)(=O)c1ccc(C)cc1. The lowest BCUT2D eigenvalue weighted by molar-refractivity contribution is -0.384. The van der Waals surface area contributed by atoms with Crippen LogP contribution in [0.3, 0.4) is 0 Å². The predicted molar refractivity (Wildman–Crippen MR) is 212 cm³/mol. The monoisotopic (exact) mass is 807 g/mol. The van der Waals surface area contributed by atoms with E-state index in [1.54, 1.807) is 49.4 Å². The zero-order valence-corrected chi connectivity index (χ0v) is 32.4. The van der Waals surface area contributed by atoms with Crippen molar-refractivity contribution in [2.75, 3.05) is 6.61 Å². The number of nitro groups is 1. The molecule has 6 rings (SSSR count). The maximum atomic E-state index is 14.2. The molecule has 292 valence electrons. The van der Waals surface area contributed by atoms with Crippen LogP contribution in [-0.2, 0) is 39.3 Å². The summed E-state index contributed by atoms with van der Waals surface area (Å²) in [5.41, 5.74) is 2.10. The molecule has 0 radical (unpaired) electrons. The fraction of sp³-hybridized carbons (Fsp3) is 0.167. The summed E-state index contributed by atoms with van der Waals surface area (Å²) in [7, 11) is -3.83. The van der Waals surface area contributed by atoms with E-state index in [9.17, 15) is 32.9 Å². The number of ether oxygens (including phenoxy) is 3. The van der Waals surface area contributed by atoms with E-state index in [1.807, 2.05) is 60.7 Å². The highest BCUT2D eigenvalue weighted by molar-refractivity contribution is 8.72. The van der Waals surface area contributed by atoms with Crippen molar-refractivity contribution in [3.8, 4) is 5.75 Å². The van der Waals surface area contributed by atoms with Gasteiger partial charge in [-0.2, -0.15) is 0 Å². The molecule has 0 saturated carbocycles. The zero-order chi connectivity index (χ0) is 40.5. The molecule has 0 aliphatic carbocycles. The van der Waals surface area contributed by atoms with Crippen LogP contribution < -0.4 is 10.1 Å². The molecule has 0 spiro atoms. The molecular formula is C42H37N3O10S2. The third-order valence-electron chi connectivity index (χ3n) is 8.79. The lowest BCUT2D eigenvalue weighted by Gasteiger charge is -2.46. The van der Waals surface area contributed by atoms with Crippen LogP contribution in [0, 0.1) is 17.0 Å². The molecule has 1 aliphatic heterocycles. The first-order valence-corrected chi connectivity index (χ1v) is 20.5. The number of rotatable bonds is 16. The highest BCUT2D eigenvalue weighted by atomic mass is 33.1. The molecule has 0 bridgehead atoms. The summed E-state index contributed by atoms with van der Waals surface area (Å²) in [5.74, 6) is -2.23. The Hall–Kier alpha value is -6.45. The van der Waals surface area contributed by atoms with Crippen molar-refractivity contribution >= 4 is 43.1 Å². The Bertz CT molecular complexity index is 2320. The van der Waals surface area contributed by atoms with E-state index in [2.05, 4.69) is 5.32 Å². The molecule has 13 nitrogen and oxygen atoms in total. The average molecular weight is 808 g/mol. The summed E-state index contributed by atoms with van der Waals surface area (Å²) in [6.45, 7) is 2.43. The van der Waals surface area contributed by atoms with Gasteiger partial charge in [0.25, 0.3) is 17.5 Å². The normalized spacial score (nSPS) is 15.6. The van der Waals surface area contributed by atoms with E-state index in [4.69, 9.17) is 14.2 Å². The molecule has 1 heterocycles. The minimum Gasteiger partial charge on any atom is -0.484 e. The molecule has 2 atom stereocenters. The second kappa shape index (κ2) is 18.0. The van der Waals surface area contributed by atoms with Crippen LogP contribution in [0.15, 0.2) is 156 Å². The number of hydrogen-bond donors (Lipinski definition) is 1. The Morgan fingerprint density at radius 1 is 0.842 bits per heavy atom. The van der Waals surface area contributed by atoms with Crippen molar-refractivity contribution in [1.29, 1.82) is 0 Å². The van der Waals surface area contributed by atoms with Gasteiger partial charge in [-0.05, 0) is 66.9 Å². The number of nitrogens with zero attached hydrogens (tertiary/aromatic N) is 2. The number of esters is 1. The van der Waals surface area contributed by atoms with Gasteiger partial charge in [-0.1, -0.05) is 96.6 Å². The van der Waals surface area contributed by atoms with Crippen LogP contribution in [0.2, 0.25) is 0 Å². The Morgan fingerprint density at radius 2 is 1.40 bits per heavy atom. The first kappa shape index (κ1) is 40.2. The molecule has 2 unspecified atom stereocenters. The van der Waals surface area contributed by atoms with Crippen molar-refractivity contribution in [3.63, 3.8) is 0 Å². The van der Waals surface area contributed by atoms with E-state index in [0.29, 0.717) is 33.2 Å². The van der Waals surface area contributed by atoms with Gasteiger partial charge >= 0.3 is 5.97 Å². The zero-order valence-electron chi connectivity index (χ0n) is 30.7. The standard InChI is InChI=1S/C42H37N3O10S2/c1-28-18-24-35(25-19-28)57(51,52)56-41-37(43-36(46)27-53-34-16-10-5-11-17-34)40(47)44(41)38(42(48)54-26-30-20-22-33(23-21-30)45(49)50)29(2)55-39(31-12-6-3-7-13-31)32-14-8-4-9-15-32/h3-25,37,39,41H,26-27H2,1-2H3,(H,43,46)/b38-29-. The van der Waals surface area contributed by atoms with Crippen molar-refractivity contribution in [2.45, 2.75) is 42.9 Å². The summed E-state index contributed by atoms with van der Waals surface area (Å²) < 4.78 is 45.6. The Balaban J connectivity index is 1.38. The number of nitrogens with one attached hydrogen (secondary N) is 1. The van der Waals surface area contributed by atoms with Gasteiger partial charge < -0.3 is 19.5 Å². The smallest absolute Gasteiger partial charge is 0.358 e. The fourth-order valence-electron chi connectivity index (χ4n) is 5.86. The molecule has 5 aromatic carbocycles. The topological polar surface area (TPSA) is 171 Å². The summed E-state index contributed by atoms with van der Waals surface area (Å²) in [6.07, 6.45) is -0.783. The number of hydrogen-bond acceptors (Lipinski definition) is 11. The number of carbonyl (C=O) groups excluding carboxylic acids is 3. The maximum Gasteiger partial charge on any atom is 0.358 e. The molecule has 2 amide bonds. The minimum absolute atomic E-state index is 0.0534. The predicted octanol–water partition coefficient (Wildman–Crippen LogP) is 6.84. The van der Waals surface area contributed by atoms with Crippen LogP contribution in [-0.4, -0.2) is 54.0 Å². The van der Waals surface area contributed by atoms with Gasteiger partial charge in [-0.15, -0.1) is 0 Å². The Morgan fingerprint density at radius 3 is 1.96 bits per heavy atom. The van der Waals surface area contributed by atoms with Crippen LogP contribution in [0.25, 0.3) is 0 Å². The Kier molecular flexibility index (Phi) is 12.7. The van der Waals surface area contributed by atoms with E-state index < -0.39 is 61.4 Å². The number of para-hydroxylation sites is 1. The molecule has 57 heavy (non-hydrogen) atoms. The molecule has 1 aliphatic rings. The number of allylic oxidation sites excluding steroid dienone is 1. The van der Waals surface area contributed by atoms with Crippen LogP contribution in [0.1, 0.15) is 35.3 Å². The molecule has 1 saturated heterocycles. The first-order valence-electron chi connectivity index (χ1n) is 17.6. The summed E-state index contributed by atoms with van der Waals surface area (Å²) in [4.78, 5) is 53.2. The Labute approximate surface area is 332 Å². The van der Waals surface area contributed by atoms with Crippen molar-refractivity contribution in [1.82, 2.24) is 10.2 Å². The van der Waals surface area contributed by atoms with Gasteiger partial charge in [0.1, 0.15) is 35.6 Å². The van der Waals surface area contributed by atoms with Crippen molar-refractivity contribution in [3.05, 3.63) is 183 Å². The fourth-order valence-corrected chi connectivity index (χ4v) is 9.33. The summed E-state index contributed by atoms with van der Waals surface area (Å²) >= 11 is 0. The molecule has 1 fully saturated rings. The van der Waals surface area contributed by atoms with Gasteiger partial charge in [0.2, 0.25) is 8.87 Å². The number of aryl methyl sites for hydroxylation is 1. The van der Waals surface area contributed by atoms with E-state index >= 15 is 0 Å². The quantitative estimate of drug-likeness (QED) is 0.0211.